The van der Waals surface area contributed by atoms with Crippen LogP contribution in [0.3, 0.4) is 0 Å². The number of benzene rings is 2. The molecule has 0 spiro atoms. The van der Waals surface area contributed by atoms with E-state index < -0.39 is 54.4 Å². The molecular formula is C23H28O9. The Labute approximate surface area is 184 Å². The maximum absolute atomic E-state index is 12.9. The Morgan fingerprint density at radius 1 is 0.906 bits per heavy atom. The van der Waals surface area contributed by atoms with Gasteiger partial charge >= 0.3 is 0 Å². The first-order valence-electron chi connectivity index (χ1n) is 10.2. The van der Waals surface area contributed by atoms with Crippen LogP contribution in [-0.2, 0) is 11.2 Å². The highest BCUT2D eigenvalue weighted by Gasteiger charge is 2.46. The number of aliphatic hydroxyl groups excluding tert-OH is 4. The van der Waals surface area contributed by atoms with Gasteiger partial charge in [-0.05, 0) is 49.1 Å². The van der Waals surface area contributed by atoms with Crippen LogP contribution in [0.2, 0.25) is 0 Å². The molecule has 2 aromatic carbocycles. The predicted octanol–water partition coefficient (Wildman–Crippen LogP) is 0.751. The second-order valence-corrected chi connectivity index (χ2v) is 8.07. The number of rotatable bonds is 6. The van der Waals surface area contributed by atoms with Gasteiger partial charge in [-0.25, -0.2) is 0 Å². The van der Waals surface area contributed by atoms with Gasteiger partial charge in [-0.3, -0.25) is 4.79 Å². The molecule has 3 rings (SSSR count). The van der Waals surface area contributed by atoms with Crippen molar-refractivity contribution < 1.29 is 45.3 Å². The minimum absolute atomic E-state index is 0.00909. The Balaban J connectivity index is 1.98. The number of ether oxygens (including phenoxy) is 1. The van der Waals surface area contributed by atoms with Gasteiger partial charge in [0.2, 0.25) is 0 Å². The molecule has 1 fully saturated rings. The molecule has 0 radical (unpaired) electrons. The van der Waals surface area contributed by atoms with Crippen molar-refractivity contribution in [2.75, 3.05) is 6.61 Å². The molecule has 0 amide bonds. The minimum Gasteiger partial charge on any atom is -0.508 e. The number of aryl methyl sites for hydroxylation is 1. The topological polar surface area (TPSA) is 168 Å². The third kappa shape index (κ3) is 4.30. The number of phenols is 3. The van der Waals surface area contributed by atoms with Crippen molar-refractivity contribution in [2.24, 2.45) is 0 Å². The van der Waals surface area contributed by atoms with E-state index in [0.29, 0.717) is 12.0 Å². The lowest BCUT2D eigenvalue weighted by atomic mass is 9.85. The van der Waals surface area contributed by atoms with Crippen LogP contribution in [0.25, 0.3) is 0 Å². The van der Waals surface area contributed by atoms with Crippen molar-refractivity contribution in [3.05, 3.63) is 52.1 Å². The first-order valence-corrected chi connectivity index (χ1v) is 10.2. The highest BCUT2D eigenvalue weighted by Crippen LogP contribution is 2.45. The first-order chi connectivity index (χ1) is 15.1. The van der Waals surface area contributed by atoms with Crippen molar-refractivity contribution in [1.29, 1.82) is 0 Å². The molecule has 0 saturated carbocycles. The van der Waals surface area contributed by atoms with E-state index in [9.17, 15) is 40.5 Å². The lowest BCUT2D eigenvalue weighted by molar-refractivity contribution is -0.232. The maximum atomic E-state index is 12.9. The fraction of sp³-hybridized carbons (Fsp3) is 0.435. The standard InChI is InChI=1S/C23H28O9/c1-10-11(2)18(27)17(14(26)8-5-12-3-6-13(25)7-4-12)20(29)16(10)23-22(31)21(30)19(28)15(9-24)32-23/h3-4,6-7,15,19,21-25,27-31H,5,8-9H2,1-2H3/t15-,19-,21+,22-,23?/m1/s1. The predicted molar refractivity (Wildman–Crippen MR) is 113 cm³/mol. The second-order valence-electron chi connectivity index (χ2n) is 8.07. The summed E-state index contributed by atoms with van der Waals surface area (Å²) in [4.78, 5) is 12.9. The van der Waals surface area contributed by atoms with Crippen LogP contribution >= 0.6 is 0 Å². The summed E-state index contributed by atoms with van der Waals surface area (Å²) in [6.45, 7) is 2.45. The van der Waals surface area contributed by atoms with E-state index in [0.717, 1.165) is 5.56 Å². The van der Waals surface area contributed by atoms with Crippen LogP contribution in [0, 0.1) is 13.8 Å². The molecule has 1 heterocycles. The number of ketones is 1. The molecule has 9 nitrogen and oxygen atoms in total. The SMILES string of the molecule is Cc1c(C)c(C2O[C@H](CO)[C@@H](O)[C@H](O)[C@H]2O)c(O)c(C(=O)CCc2ccc(O)cc2)c1O. The number of carbonyl (C=O) groups is 1. The molecule has 0 aromatic heterocycles. The Kier molecular flexibility index (Phi) is 7.06. The summed E-state index contributed by atoms with van der Waals surface area (Å²) in [5, 5.41) is 71.0. The normalized spacial score (nSPS) is 25.6. The number of Topliss-reactive ketones (excluding diaryl/α,β-unsaturated/α-hetero) is 1. The summed E-state index contributed by atoms with van der Waals surface area (Å²) in [6.07, 6.45) is -7.19. The van der Waals surface area contributed by atoms with Crippen molar-refractivity contribution in [3.63, 3.8) is 0 Å². The van der Waals surface area contributed by atoms with Crippen molar-refractivity contribution >= 4 is 5.78 Å². The molecule has 0 aliphatic carbocycles. The summed E-state index contributed by atoms with van der Waals surface area (Å²) in [5.41, 5.74) is 1.04. The largest absolute Gasteiger partial charge is 0.508 e. The number of phenolic OH excluding ortho intramolecular Hbond substituents is 3. The van der Waals surface area contributed by atoms with Gasteiger partial charge in [0.1, 0.15) is 53.3 Å². The van der Waals surface area contributed by atoms with E-state index in [2.05, 4.69) is 0 Å². The molecule has 1 aliphatic rings. The van der Waals surface area contributed by atoms with Crippen molar-refractivity contribution in [1.82, 2.24) is 0 Å². The molecule has 174 valence electrons. The molecule has 2 aromatic rings. The Bertz CT molecular complexity index is 984. The average Bonchev–Trinajstić information content (AvgIpc) is 2.77. The van der Waals surface area contributed by atoms with E-state index >= 15 is 0 Å². The van der Waals surface area contributed by atoms with Crippen molar-refractivity contribution in [2.45, 2.75) is 57.2 Å². The summed E-state index contributed by atoms with van der Waals surface area (Å²) < 4.78 is 5.56. The number of hydrogen-bond donors (Lipinski definition) is 7. The number of carbonyl (C=O) groups excluding carboxylic acids is 1. The van der Waals surface area contributed by atoms with Gasteiger partial charge in [0.25, 0.3) is 0 Å². The van der Waals surface area contributed by atoms with E-state index in [-0.39, 0.29) is 28.9 Å². The summed E-state index contributed by atoms with van der Waals surface area (Å²) in [5.74, 6) is -1.45. The molecule has 7 N–H and O–H groups in total. The number of aliphatic hydroxyl groups is 4. The van der Waals surface area contributed by atoms with E-state index in [4.69, 9.17) is 4.74 Å². The maximum Gasteiger partial charge on any atom is 0.170 e. The van der Waals surface area contributed by atoms with Gasteiger partial charge in [-0.1, -0.05) is 12.1 Å². The third-order valence-electron chi connectivity index (χ3n) is 6.08. The van der Waals surface area contributed by atoms with E-state index in [1.54, 1.807) is 19.1 Å². The first kappa shape index (κ1) is 24.0. The Morgan fingerprint density at radius 3 is 2.12 bits per heavy atom. The second kappa shape index (κ2) is 9.43. The van der Waals surface area contributed by atoms with Crippen LogP contribution < -0.4 is 0 Å². The van der Waals surface area contributed by atoms with Gasteiger partial charge in [-0.15, -0.1) is 0 Å². The van der Waals surface area contributed by atoms with Crippen LogP contribution in [0.4, 0.5) is 0 Å². The Morgan fingerprint density at radius 2 is 1.53 bits per heavy atom. The van der Waals surface area contributed by atoms with Crippen LogP contribution in [0.5, 0.6) is 17.2 Å². The quantitative estimate of drug-likeness (QED) is 0.315. The molecular weight excluding hydrogens is 420 g/mol. The van der Waals surface area contributed by atoms with Crippen LogP contribution in [0.15, 0.2) is 24.3 Å². The highest BCUT2D eigenvalue weighted by atomic mass is 16.5. The highest BCUT2D eigenvalue weighted by molar-refractivity contribution is 6.02. The lowest BCUT2D eigenvalue weighted by Gasteiger charge is -2.41. The van der Waals surface area contributed by atoms with Gasteiger partial charge < -0.3 is 40.5 Å². The number of hydrogen-bond acceptors (Lipinski definition) is 9. The fourth-order valence-corrected chi connectivity index (χ4v) is 3.99. The summed E-state index contributed by atoms with van der Waals surface area (Å²) in [6, 6.07) is 6.29. The van der Waals surface area contributed by atoms with Crippen molar-refractivity contribution in [3.8, 4) is 17.2 Å². The lowest BCUT2D eigenvalue weighted by Crippen LogP contribution is -2.55. The van der Waals surface area contributed by atoms with E-state index in [1.165, 1.54) is 19.1 Å². The zero-order valence-corrected chi connectivity index (χ0v) is 17.8. The number of aromatic hydroxyl groups is 3. The van der Waals surface area contributed by atoms with Gasteiger partial charge in [-0.2, -0.15) is 0 Å². The van der Waals surface area contributed by atoms with E-state index in [1.807, 2.05) is 0 Å². The molecule has 1 saturated heterocycles. The van der Waals surface area contributed by atoms with Gasteiger partial charge in [0.15, 0.2) is 5.78 Å². The fourth-order valence-electron chi connectivity index (χ4n) is 3.99. The monoisotopic (exact) mass is 448 g/mol. The zero-order valence-electron chi connectivity index (χ0n) is 17.8. The minimum atomic E-state index is -1.66. The smallest absolute Gasteiger partial charge is 0.170 e. The zero-order chi connectivity index (χ0) is 23.7. The summed E-state index contributed by atoms with van der Waals surface area (Å²) >= 11 is 0. The molecule has 0 bridgehead atoms. The van der Waals surface area contributed by atoms with Crippen LogP contribution in [-0.4, -0.2) is 72.6 Å². The summed E-state index contributed by atoms with van der Waals surface area (Å²) in [7, 11) is 0. The van der Waals surface area contributed by atoms with Gasteiger partial charge in [0, 0.05) is 12.0 Å². The average molecular weight is 448 g/mol. The molecule has 1 aliphatic heterocycles. The molecule has 32 heavy (non-hydrogen) atoms. The third-order valence-corrected chi connectivity index (χ3v) is 6.08. The molecule has 5 atom stereocenters. The molecule has 1 unspecified atom stereocenters. The Hall–Kier alpha value is -2.69. The van der Waals surface area contributed by atoms with Crippen LogP contribution in [0.1, 0.15) is 45.1 Å². The molecule has 9 heteroatoms. The van der Waals surface area contributed by atoms with Gasteiger partial charge in [0.05, 0.1) is 6.61 Å².